The van der Waals surface area contributed by atoms with E-state index < -0.39 is 0 Å². The molecule has 0 aliphatic carbocycles. The number of aromatic nitrogens is 1. The molecule has 1 aliphatic rings. The number of halogens is 1. The molecule has 0 radical (unpaired) electrons. The molecule has 0 atom stereocenters. The van der Waals surface area contributed by atoms with Crippen LogP contribution in [0.2, 0.25) is 5.02 Å². The quantitative estimate of drug-likeness (QED) is 0.619. The van der Waals surface area contributed by atoms with Gasteiger partial charge in [-0.3, -0.25) is 9.78 Å². The minimum absolute atomic E-state index is 0.0330. The molecule has 1 fully saturated rings. The Balaban J connectivity index is 1.32. The lowest BCUT2D eigenvalue weighted by molar-refractivity contribution is -0.121. The van der Waals surface area contributed by atoms with Crippen LogP contribution in [0, 0.1) is 5.92 Å². The molecule has 0 saturated carbocycles. The fourth-order valence-corrected chi connectivity index (χ4v) is 4.08. The first-order valence-electron chi connectivity index (χ1n) is 10.3. The number of ether oxygens (including phenoxy) is 1. The number of amides is 1. The maximum Gasteiger partial charge on any atom is 0.227 e. The highest BCUT2D eigenvalue weighted by Crippen LogP contribution is 2.27. The van der Waals surface area contributed by atoms with E-state index in [4.69, 9.17) is 16.3 Å². The molecule has 3 aromatic rings. The molecule has 0 unspecified atom stereocenters. The average Bonchev–Trinajstić information content (AvgIpc) is 2.79. The lowest BCUT2D eigenvalue weighted by atomic mass is 9.95. The van der Waals surface area contributed by atoms with Crippen molar-refractivity contribution in [2.45, 2.75) is 19.3 Å². The number of rotatable bonds is 6. The fraction of sp³-hybridized carbons (Fsp3) is 0.333. The summed E-state index contributed by atoms with van der Waals surface area (Å²) < 4.78 is 5.32. The summed E-state index contributed by atoms with van der Waals surface area (Å²) in [5.41, 5.74) is 2.92. The SMILES string of the molecule is COc1ccc2nccc(NC(=O)C3CCN(CCc4ccc(Cl)cc4)CC3)c2c1. The topological polar surface area (TPSA) is 54.5 Å². The first-order chi connectivity index (χ1) is 14.6. The van der Waals surface area contributed by atoms with Crippen LogP contribution in [-0.4, -0.2) is 42.5 Å². The molecule has 0 bridgehead atoms. The summed E-state index contributed by atoms with van der Waals surface area (Å²) in [6.07, 6.45) is 4.47. The Bertz CT molecular complexity index is 1010. The van der Waals surface area contributed by atoms with E-state index >= 15 is 0 Å². The van der Waals surface area contributed by atoms with E-state index in [2.05, 4.69) is 27.3 Å². The van der Waals surface area contributed by atoms with Gasteiger partial charge in [-0.05, 0) is 74.3 Å². The van der Waals surface area contributed by atoms with Crippen LogP contribution in [0.25, 0.3) is 10.9 Å². The number of nitrogens with one attached hydrogen (secondary N) is 1. The molecule has 0 spiro atoms. The third-order valence-corrected chi connectivity index (χ3v) is 6.05. The Morgan fingerprint density at radius 1 is 1.17 bits per heavy atom. The summed E-state index contributed by atoms with van der Waals surface area (Å²) in [6, 6.07) is 15.6. The minimum atomic E-state index is 0.0330. The summed E-state index contributed by atoms with van der Waals surface area (Å²) in [5.74, 6) is 0.869. The van der Waals surface area contributed by atoms with Gasteiger partial charge in [0.1, 0.15) is 5.75 Å². The minimum Gasteiger partial charge on any atom is -0.497 e. The average molecular weight is 424 g/mol. The van der Waals surface area contributed by atoms with Gasteiger partial charge in [0, 0.05) is 29.1 Å². The number of piperidine rings is 1. The van der Waals surface area contributed by atoms with Crippen molar-refractivity contribution in [2.24, 2.45) is 5.92 Å². The number of methoxy groups -OCH3 is 1. The van der Waals surface area contributed by atoms with Gasteiger partial charge in [-0.15, -0.1) is 0 Å². The van der Waals surface area contributed by atoms with E-state index in [-0.39, 0.29) is 11.8 Å². The van der Waals surface area contributed by atoms with Gasteiger partial charge in [-0.2, -0.15) is 0 Å². The van der Waals surface area contributed by atoms with Gasteiger partial charge in [0.2, 0.25) is 5.91 Å². The summed E-state index contributed by atoms with van der Waals surface area (Å²) >= 11 is 5.95. The van der Waals surface area contributed by atoms with Crippen molar-refractivity contribution in [3.8, 4) is 5.75 Å². The molecule has 1 N–H and O–H groups in total. The van der Waals surface area contributed by atoms with Crippen LogP contribution in [-0.2, 0) is 11.2 Å². The predicted octanol–water partition coefficient (Wildman–Crippen LogP) is 4.79. The summed E-state index contributed by atoms with van der Waals surface area (Å²) in [4.78, 5) is 19.7. The fourth-order valence-electron chi connectivity index (χ4n) is 3.95. The highest BCUT2D eigenvalue weighted by atomic mass is 35.5. The second-order valence-corrected chi connectivity index (χ2v) is 8.16. The molecule has 1 saturated heterocycles. The molecule has 156 valence electrons. The van der Waals surface area contributed by atoms with Crippen molar-refractivity contribution in [1.82, 2.24) is 9.88 Å². The van der Waals surface area contributed by atoms with Gasteiger partial charge in [-0.25, -0.2) is 0 Å². The molecule has 2 heterocycles. The Kier molecular flexibility index (Phi) is 6.50. The van der Waals surface area contributed by atoms with Crippen LogP contribution in [0.3, 0.4) is 0 Å². The van der Waals surface area contributed by atoms with E-state index in [9.17, 15) is 4.79 Å². The Morgan fingerprint density at radius 2 is 1.93 bits per heavy atom. The molecule has 4 rings (SSSR count). The van der Waals surface area contributed by atoms with E-state index in [1.54, 1.807) is 13.3 Å². The van der Waals surface area contributed by atoms with E-state index in [0.717, 1.165) is 66.3 Å². The highest BCUT2D eigenvalue weighted by Gasteiger charge is 2.25. The van der Waals surface area contributed by atoms with E-state index in [0.29, 0.717) is 0 Å². The van der Waals surface area contributed by atoms with Gasteiger partial charge in [0.05, 0.1) is 18.3 Å². The van der Waals surface area contributed by atoms with Gasteiger partial charge in [0.25, 0.3) is 0 Å². The number of pyridine rings is 1. The van der Waals surface area contributed by atoms with Gasteiger partial charge < -0.3 is 15.0 Å². The Labute approximate surface area is 182 Å². The number of likely N-dealkylation sites (tertiary alicyclic amines) is 1. The number of anilines is 1. The van der Waals surface area contributed by atoms with Gasteiger partial charge in [-0.1, -0.05) is 23.7 Å². The third kappa shape index (κ3) is 4.91. The zero-order valence-electron chi connectivity index (χ0n) is 17.1. The van der Waals surface area contributed by atoms with Crippen LogP contribution in [0.5, 0.6) is 5.75 Å². The van der Waals surface area contributed by atoms with Crippen LogP contribution < -0.4 is 10.1 Å². The van der Waals surface area contributed by atoms with Crippen molar-refractivity contribution in [2.75, 3.05) is 32.1 Å². The summed E-state index contributed by atoms with van der Waals surface area (Å²) in [7, 11) is 1.64. The molecule has 5 nitrogen and oxygen atoms in total. The molecular formula is C24H26ClN3O2. The molecular weight excluding hydrogens is 398 g/mol. The lowest BCUT2D eigenvalue weighted by Crippen LogP contribution is -2.39. The lowest BCUT2D eigenvalue weighted by Gasteiger charge is -2.31. The van der Waals surface area contributed by atoms with Gasteiger partial charge in [0.15, 0.2) is 0 Å². The Morgan fingerprint density at radius 3 is 2.67 bits per heavy atom. The van der Waals surface area contributed by atoms with Crippen molar-refractivity contribution >= 4 is 34.1 Å². The maximum atomic E-state index is 12.9. The number of hydrogen-bond donors (Lipinski definition) is 1. The highest BCUT2D eigenvalue weighted by molar-refractivity contribution is 6.30. The Hall–Kier alpha value is -2.63. The number of carbonyl (C=O) groups excluding carboxylic acids is 1. The third-order valence-electron chi connectivity index (χ3n) is 5.79. The number of nitrogens with zero attached hydrogens (tertiary/aromatic N) is 2. The number of benzene rings is 2. The monoisotopic (exact) mass is 423 g/mol. The number of fused-ring (bicyclic) bond motifs is 1. The largest absolute Gasteiger partial charge is 0.497 e. The number of hydrogen-bond acceptors (Lipinski definition) is 4. The molecule has 6 heteroatoms. The second-order valence-electron chi connectivity index (χ2n) is 7.72. The zero-order valence-corrected chi connectivity index (χ0v) is 17.9. The number of carbonyl (C=O) groups is 1. The van der Waals surface area contributed by atoms with Gasteiger partial charge >= 0.3 is 0 Å². The van der Waals surface area contributed by atoms with E-state index in [1.165, 1.54) is 5.56 Å². The van der Waals surface area contributed by atoms with Crippen molar-refractivity contribution in [3.05, 3.63) is 65.3 Å². The molecule has 2 aromatic carbocycles. The zero-order chi connectivity index (χ0) is 20.9. The van der Waals surface area contributed by atoms with E-state index in [1.807, 2.05) is 36.4 Å². The first kappa shape index (κ1) is 20.6. The molecule has 1 aromatic heterocycles. The standard InChI is InChI=1S/C24H26ClN3O2/c1-30-20-6-7-22-21(16-20)23(8-12-26-22)27-24(29)18-10-14-28(15-11-18)13-9-17-2-4-19(25)5-3-17/h2-8,12,16,18H,9-11,13-15H2,1H3,(H,26,27,29). The molecule has 30 heavy (non-hydrogen) atoms. The predicted molar refractivity (Wildman–Crippen MR) is 121 cm³/mol. The second kappa shape index (κ2) is 9.45. The normalized spacial score (nSPS) is 15.3. The smallest absolute Gasteiger partial charge is 0.227 e. The molecule has 1 amide bonds. The van der Waals surface area contributed by atoms with Crippen LogP contribution in [0.15, 0.2) is 54.7 Å². The van der Waals surface area contributed by atoms with Crippen LogP contribution in [0.4, 0.5) is 5.69 Å². The van der Waals surface area contributed by atoms with Crippen molar-refractivity contribution < 1.29 is 9.53 Å². The van der Waals surface area contributed by atoms with Crippen LogP contribution >= 0.6 is 11.6 Å². The summed E-state index contributed by atoms with van der Waals surface area (Å²) in [5, 5.41) is 4.78. The van der Waals surface area contributed by atoms with Crippen molar-refractivity contribution in [3.63, 3.8) is 0 Å². The molecule has 1 aliphatic heterocycles. The van der Waals surface area contributed by atoms with Crippen molar-refractivity contribution in [1.29, 1.82) is 0 Å². The first-order valence-corrected chi connectivity index (χ1v) is 10.7. The van der Waals surface area contributed by atoms with Crippen LogP contribution in [0.1, 0.15) is 18.4 Å². The summed E-state index contributed by atoms with van der Waals surface area (Å²) in [6.45, 7) is 2.89. The maximum absolute atomic E-state index is 12.9.